The maximum Gasteiger partial charge on any atom is 0.146 e. The van der Waals surface area contributed by atoms with Gasteiger partial charge in [-0.2, -0.15) is 0 Å². The molecule has 0 N–H and O–H groups in total. The van der Waals surface area contributed by atoms with Crippen molar-refractivity contribution in [3.05, 3.63) is 12.5 Å². The maximum absolute atomic E-state index is 4.41. The van der Waals surface area contributed by atoms with Crippen LogP contribution in [0.15, 0.2) is 12.5 Å². The van der Waals surface area contributed by atoms with Crippen LogP contribution in [0.3, 0.4) is 0 Å². The molecule has 1 aromatic heterocycles. The summed E-state index contributed by atoms with van der Waals surface area (Å²) in [5.74, 6) is 1.93. The summed E-state index contributed by atoms with van der Waals surface area (Å²) in [5.41, 5.74) is 0. The topological polar surface area (TPSA) is 24.3 Å². The molecule has 1 aliphatic heterocycles. The molecule has 4 heteroatoms. The lowest BCUT2D eigenvalue weighted by atomic mass is 10.1. The number of aromatic nitrogens is 2. The number of piperazine rings is 1. The summed E-state index contributed by atoms with van der Waals surface area (Å²) in [7, 11) is 2.02. The van der Waals surface area contributed by atoms with E-state index in [0.717, 1.165) is 24.8 Å². The second kappa shape index (κ2) is 5.54. The summed E-state index contributed by atoms with van der Waals surface area (Å²) < 4.78 is 2.01. The number of hydrogen-bond acceptors (Lipinski definition) is 3. The quantitative estimate of drug-likeness (QED) is 0.793. The van der Waals surface area contributed by atoms with Gasteiger partial charge in [0.1, 0.15) is 5.82 Å². The Labute approximate surface area is 104 Å². The molecular formula is C13H24N4. The van der Waals surface area contributed by atoms with Crippen LogP contribution in [0.1, 0.15) is 20.3 Å². The van der Waals surface area contributed by atoms with Gasteiger partial charge in [0.15, 0.2) is 0 Å². The summed E-state index contributed by atoms with van der Waals surface area (Å²) in [6, 6.07) is 0. The summed E-state index contributed by atoms with van der Waals surface area (Å²) in [5, 5.41) is 0. The van der Waals surface area contributed by atoms with E-state index in [4.69, 9.17) is 0 Å². The maximum atomic E-state index is 4.41. The minimum absolute atomic E-state index is 0.809. The molecule has 0 saturated carbocycles. The molecule has 2 heterocycles. The smallest absolute Gasteiger partial charge is 0.146 e. The van der Waals surface area contributed by atoms with Crippen LogP contribution >= 0.6 is 0 Å². The predicted molar refractivity (Wildman–Crippen MR) is 71.3 cm³/mol. The van der Waals surface area contributed by atoms with Crippen molar-refractivity contribution in [1.82, 2.24) is 14.5 Å². The minimum atomic E-state index is 0.809. The van der Waals surface area contributed by atoms with Gasteiger partial charge in [0.05, 0.1) is 6.33 Å². The average Bonchev–Trinajstić information content (AvgIpc) is 2.74. The van der Waals surface area contributed by atoms with E-state index >= 15 is 0 Å². The molecule has 1 aromatic rings. The lowest BCUT2D eigenvalue weighted by molar-refractivity contribution is 0.243. The van der Waals surface area contributed by atoms with Crippen LogP contribution < -0.4 is 4.90 Å². The minimum Gasteiger partial charge on any atom is -0.353 e. The van der Waals surface area contributed by atoms with Crippen LogP contribution in [0.5, 0.6) is 0 Å². The van der Waals surface area contributed by atoms with Crippen molar-refractivity contribution in [2.24, 2.45) is 13.0 Å². The van der Waals surface area contributed by atoms with Crippen LogP contribution in [-0.2, 0) is 7.05 Å². The standard InChI is InChI=1S/C13H24N4/c1-12(2)4-5-16-6-8-17(9-7-16)13-10-15(3)11-14-13/h10-12H,4-9H2,1-3H3. The molecule has 0 amide bonds. The van der Waals surface area contributed by atoms with Gasteiger partial charge in [0.25, 0.3) is 0 Å². The van der Waals surface area contributed by atoms with Crippen molar-refractivity contribution in [1.29, 1.82) is 0 Å². The van der Waals surface area contributed by atoms with Gasteiger partial charge in [-0.25, -0.2) is 4.98 Å². The highest BCUT2D eigenvalue weighted by Crippen LogP contribution is 2.13. The lowest BCUT2D eigenvalue weighted by Gasteiger charge is -2.35. The molecule has 0 aromatic carbocycles. The molecule has 4 nitrogen and oxygen atoms in total. The lowest BCUT2D eigenvalue weighted by Crippen LogP contribution is -2.46. The number of aryl methyl sites for hydroxylation is 1. The van der Waals surface area contributed by atoms with Gasteiger partial charge in [0, 0.05) is 39.4 Å². The average molecular weight is 236 g/mol. The molecule has 1 aliphatic rings. The van der Waals surface area contributed by atoms with Gasteiger partial charge in [-0.05, 0) is 18.9 Å². The Hall–Kier alpha value is -1.03. The van der Waals surface area contributed by atoms with Crippen LogP contribution in [0, 0.1) is 5.92 Å². The summed E-state index contributed by atoms with van der Waals surface area (Å²) in [4.78, 5) is 9.36. The summed E-state index contributed by atoms with van der Waals surface area (Å²) >= 11 is 0. The number of nitrogens with zero attached hydrogens (tertiary/aromatic N) is 4. The number of hydrogen-bond donors (Lipinski definition) is 0. The third kappa shape index (κ3) is 3.46. The van der Waals surface area contributed by atoms with E-state index in [1.807, 2.05) is 17.9 Å². The molecular weight excluding hydrogens is 212 g/mol. The second-order valence-electron chi connectivity index (χ2n) is 5.41. The molecule has 1 fully saturated rings. The van der Waals surface area contributed by atoms with Gasteiger partial charge in [-0.15, -0.1) is 0 Å². The van der Waals surface area contributed by atoms with E-state index in [2.05, 4.69) is 34.8 Å². The fourth-order valence-corrected chi connectivity index (χ4v) is 2.20. The van der Waals surface area contributed by atoms with Crippen molar-refractivity contribution >= 4 is 5.82 Å². The van der Waals surface area contributed by atoms with E-state index in [0.29, 0.717) is 0 Å². The summed E-state index contributed by atoms with van der Waals surface area (Å²) in [6.45, 7) is 10.4. The van der Waals surface area contributed by atoms with E-state index in [-0.39, 0.29) is 0 Å². The molecule has 96 valence electrons. The van der Waals surface area contributed by atoms with E-state index in [1.54, 1.807) is 0 Å². The van der Waals surface area contributed by atoms with Gasteiger partial charge >= 0.3 is 0 Å². The van der Waals surface area contributed by atoms with Crippen molar-refractivity contribution in [2.75, 3.05) is 37.6 Å². The molecule has 0 radical (unpaired) electrons. The zero-order chi connectivity index (χ0) is 12.3. The SMILES string of the molecule is CC(C)CCN1CCN(c2cn(C)cn2)CC1. The first-order chi connectivity index (χ1) is 8.15. The van der Waals surface area contributed by atoms with Gasteiger partial charge in [-0.3, -0.25) is 4.90 Å². The second-order valence-corrected chi connectivity index (χ2v) is 5.41. The third-order valence-corrected chi connectivity index (χ3v) is 3.41. The molecule has 2 rings (SSSR count). The van der Waals surface area contributed by atoms with E-state index < -0.39 is 0 Å². The van der Waals surface area contributed by atoms with Crippen LogP contribution in [0.4, 0.5) is 5.82 Å². The van der Waals surface area contributed by atoms with Gasteiger partial charge in [-0.1, -0.05) is 13.8 Å². The first kappa shape index (κ1) is 12.4. The Morgan fingerprint density at radius 3 is 2.47 bits per heavy atom. The molecule has 0 atom stereocenters. The fourth-order valence-electron chi connectivity index (χ4n) is 2.20. The van der Waals surface area contributed by atoms with Crippen molar-refractivity contribution < 1.29 is 0 Å². The molecule has 17 heavy (non-hydrogen) atoms. The third-order valence-electron chi connectivity index (χ3n) is 3.41. The fraction of sp³-hybridized carbons (Fsp3) is 0.769. The number of anilines is 1. The van der Waals surface area contributed by atoms with Crippen LogP contribution in [0.25, 0.3) is 0 Å². The number of imidazole rings is 1. The highest BCUT2D eigenvalue weighted by Gasteiger charge is 2.18. The van der Waals surface area contributed by atoms with Crippen LogP contribution in [-0.4, -0.2) is 47.2 Å². The van der Waals surface area contributed by atoms with E-state index in [1.165, 1.54) is 26.1 Å². The molecule has 0 unspecified atom stereocenters. The summed E-state index contributed by atoms with van der Waals surface area (Å²) in [6.07, 6.45) is 5.29. The Bertz CT molecular complexity index is 337. The zero-order valence-electron chi connectivity index (χ0n) is 11.3. The van der Waals surface area contributed by atoms with Crippen molar-refractivity contribution in [2.45, 2.75) is 20.3 Å². The highest BCUT2D eigenvalue weighted by atomic mass is 15.3. The highest BCUT2D eigenvalue weighted by molar-refractivity contribution is 5.36. The molecule has 1 saturated heterocycles. The Kier molecular flexibility index (Phi) is 4.05. The number of rotatable bonds is 4. The van der Waals surface area contributed by atoms with Crippen molar-refractivity contribution in [3.8, 4) is 0 Å². The van der Waals surface area contributed by atoms with Gasteiger partial charge in [0.2, 0.25) is 0 Å². The Morgan fingerprint density at radius 1 is 1.24 bits per heavy atom. The van der Waals surface area contributed by atoms with Crippen molar-refractivity contribution in [3.63, 3.8) is 0 Å². The van der Waals surface area contributed by atoms with Crippen LogP contribution in [0.2, 0.25) is 0 Å². The zero-order valence-corrected chi connectivity index (χ0v) is 11.3. The molecule has 0 aliphatic carbocycles. The molecule has 0 spiro atoms. The first-order valence-corrected chi connectivity index (χ1v) is 6.60. The van der Waals surface area contributed by atoms with Gasteiger partial charge < -0.3 is 9.47 Å². The normalized spacial score (nSPS) is 18.0. The Balaban J connectivity index is 1.78. The predicted octanol–water partition coefficient (Wildman–Crippen LogP) is 1.59. The largest absolute Gasteiger partial charge is 0.353 e. The Morgan fingerprint density at radius 2 is 1.94 bits per heavy atom. The molecule has 0 bridgehead atoms. The first-order valence-electron chi connectivity index (χ1n) is 6.60. The van der Waals surface area contributed by atoms with E-state index in [9.17, 15) is 0 Å². The monoisotopic (exact) mass is 236 g/mol.